The maximum absolute atomic E-state index is 10.8. The van der Waals surface area contributed by atoms with Gasteiger partial charge in [-0.1, -0.05) is 0 Å². The standard InChI is InChI=1S/CH4FNO2S.Li.H/c2-1-6(3,4)5;;/h1H2,(H2,3,4,5);;. The Morgan fingerprint density at radius 2 is 1.71 bits per heavy atom. The zero-order valence-electron chi connectivity index (χ0n) is 2.89. The summed E-state index contributed by atoms with van der Waals surface area (Å²) in [7, 11) is -3.83. The Kier molecular flexibility index (Phi) is 5.12. The third-order valence-electron chi connectivity index (χ3n) is 0.152. The van der Waals surface area contributed by atoms with Crippen molar-refractivity contribution in [3.8, 4) is 0 Å². The predicted molar refractivity (Wildman–Crippen MR) is 26.2 cm³/mol. The molecule has 0 amide bonds. The molecule has 7 heavy (non-hydrogen) atoms. The van der Waals surface area contributed by atoms with Crippen LogP contribution in [0.5, 0.6) is 0 Å². The maximum atomic E-state index is 10.8. The van der Waals surface area contributed by atoms with E-state index in [4.69, 9.17) is 0 Å². The molecule has 0 spiro atoms. The van der Waals surface area contributed by atoms with Gasteiger partial charge in [0.2, 0.25) is 16.0 Å². The molecule has 0 aliphatic carbocycles. The molecular formula is CH5FLiNO2S. The van der Waals surface area contributed by atoms with Crippen molar-refractivity contribution >= 4 is 28.9 Å². The number of halogens is 1. The Labute approximate surface area is 53.3 Å². The van der Waals surface area contributed by atoms with Crippen LogP contribution in [-0.2, 0) is 10.0 Å². The minimum atomic E-state index is -3.83. The monoisotopic (exact) mass is 121 g/mol. The van der Waals surface area contributed by atoms with Crippen LogP contribution in [0, 0.1) is 0 Å². The summed E-state index contributed by atoms with van der Waals surface area (Å²) < 4.78 is 29.6. The van der Waals surface area contributed by atoms with Crippen LogP contribution in [0.25, 0.3) is 0 Å². The van der Waals surface area contributed by atoms with E-state index in [1.807, 2.05) is 0 Å². The number of nitrogens with two attached hydrogens (primary N) is 1. The first-order chi connectivity index (χ1) is 2.56. The first kappa shape index (κ1) is 10.4. The van der Waals surface area contributed by atoms with Crippen LogP contribution in [0.15, 0.2) is 0 Å². The average molecular weight is 121 g/mol. The molecule has 2 N–H and O–H groups in total. The van der Waals surface area contributed by atoms with Crippen molar-refractivity contribution in [2.75, 3.05) is 6.01 Å². The molecule has 0 saturated heterocycles. The fraction of sp³-hybridized carbons (Fsp3) is 1.00. The van der Waals surface area contributed by atoms with Crippen LogP contribution in [0.3, 0.4) is 0 Å². The van der Waals surface area contributed by atoms with E-state index in [1.165, 1.54) is 0 Å². The second-order valence-electron chi connectivity index (χ2n) is 0.772. The summed E-state index contributed by atoms with van der Waals surface area (Å²) in [5.41, 5.74) is 0. The third kappa shape index (κ3) is 10.7. The number of hydrogen-bond donors (Lipinski definition) is 1. The van der Waals surface area contributed by atoms with Crippen molar-refractivity contribution in [3.05, 3.63) is 0 Å². The Morgan fingerprint density at radius 3 is 1.71 bits per heavy atom. The Balaban J connectivity index is 0. The van der Waals surface area contributed by atoms with Crippen LogP contribution in [0.2, 0.25) is 0 Å². The number of primary sulfonamides is 1. The zero-order chi connectivity index (χ0) is 5.21. The molecule has 0 rings (SSSR count). The summed E-state index contributed by atoms with van der Waals surface area (Å²) in [5.74, 6) is 0. The van der Waals surface area contributed by atoms with Crippen molar-refractivity contribution in [1.29, 1.82) is 0 Å². The van der Waals surface area contributed by atoms with Gasteiger partial charge >= 0.3 is 18.9 Å². The van der Waals surface area contributed by atoms with Gasteiger partial charge in [-0.25, -0.2) is 17.9 Å². The Bertz CT molecular complexity index is 120. The number of sulfonamides is 1. The normalized spacial score (nSPS) is 10.0. The first-order valence-corrected chi connectivity index (χ1v) is 2.84. The molecular weight excluding hydrogens is 116 g/mol. The quantitative estimate of drug-likeness (QED) is 0.431. The van der Waals surface area contributed by atoms with Gasteiger partial charge in [-0.2, -0.15) is 0 Å². The molecule has 0 aromatic rings. The van der Waals surface area contributed by atoms with Crippen molar-refractivity contribution in [3.63, 3.8) is 0 Å². The van der Waals surface area contributed by atoms with Crippen LogP contribution in [0.4, 0.5) is 4.39 Å². The summed E-state index contributed by atoms with van der Waals surface area (Å²) in [6.07, 6.45) is 0. The van der Waals surface area contributed by atoms with Gasteiger partial charge in [-0.3, -0.25) is 0 Å². The van der Waals surface area contributed by atoms with E-state index in [9.17, 15) is 12.8 Å². The fourth-order valence-electron chi connectivity index (χ4n) is 0. The number of alkyl halides is 1. The predicted octanol–water partition coefficient (Wildman–Crippen LogP) is -1.45. The molecule has 0 unspecified atom stereocenters. The summed E-state index contributed by atoms with van der Waals surface area (Å²) in [4.78, 5) is 0. The molecule has 0 aromatic carbocycles. The van der Waals surface area contributed by atoms with Crippen LogP contribution < -0.4 is 5.14 Å². The average Bonchev–Trinajstić information content (AvgIpc) is 1.35. The molecule has 40 valence electrons. The van der Waals surface area contributed by atoms with Gasteiger partial charge in [-0.05, 0) is 0 Å². The zero-order valence-corrected chi connectivity index (χ0v) is 3.70. The van der Waals surface area contributed by atoms with Crippen molar-refractivity contribution < 1.29 is 12.8 Å². The first-order valence-electron chi connectivity index (χ1n) is 1.12. The molecule has 6 heteroatoms. The molecule has 0 aliphatic rings. The topological polar surface area (TPSA) is 60.2 Å². The van der Waals surface area contributed by atoms with Gasteiger partial charge in [0.05, 0.1) is 0 Å². The van der Waals surface area contributed by atoms with Crippen molar-refractivity contribution in [2.45, 2.75) is 0 Å². The molecule has 0 radical (unpaired) electrons. The second kappa shape index (κ2) is 3.44. The van der Waals surface area contributed by atoms with Gasteiger partial charge in [0.15, 0.2) is 0 Å². The summed E-state index contributed by atoms with van der Waals surface area (Å²) in [6.45, 7) is 0. The Morgan fingerprint density at radius 1 is 1.57 bits per heavy atom. The molecule has 3 nitrogen and oxygen atoms in total. The van der Waals surface area contributed by atoms with Gasteiger partial charge in [-0.15, -0.1) is 0 Å². The van der Waals surface area contributed by atoms with E-state index >= 15 is 0 Å². The molecule has 0 saturated carbocycles. The molecule has 0 bridgehead atoms. The van der Waals surface area contributed by atoms with Crippen LogP contribution in [0.1, 0.15) is 0 Å². The molecule has 0 atom stereocenters. The van der Waals surface area contributed by atoms with Gasteiger partial charge in [0.1, 0.15) is 0 Å². The van der Waals surface area contributed by atoms with Gasteiger partial charge < -0.3 is 0 Å². The van der Waals surface area contributed by atoms with Gasteiger partial charge in [0.25, 0.3) is 0 Å². The molecule has 0 heterocycles. The van der Waals surface area contributed by atoms with E-state index in [-0.39, 0.29) is 18.9 Å². The van der Waals surface area contributed by atoms with E-state index in [0.29, 0.717) is 0 Å². The van der Waals surface area contributed by atoms with E-state index in [0.717, 1.165) is 0 Å². The van der Waals surface area contributed by atoms with Crippen LogP contribution in [-0.4, -0.2) is 33.3 Å². The summed E-state index contributed by atoms with van der Waals surface area (Å²) in [5, 5.41) is 4.13. The summed E-state index contributed by atoms with van der Waals surface area (Å²) >= 11 is 0. The van der Waals surface area contributed by atoms with E-state index in [1.54, 1.807) is 0 Å². The number of rotatable bonds is 1. The number of hydrogen-bond acceptors (Lipinski definition) is 2. The molecule has 0 fully saturated rings. The minimum absolute atomic E-state index is 0. The van der Waals surface area contributed by atoms with Crippen LogP contribution >= 0.6 is 0 Å². The fourth-order valence-corrected chi connectivity index (χ4v) is 0. The van der Waals surface area contributed by atoms with Crippen molar-refractivity contribution in [2.24, 2.45) is 5.14 Å². The SMILES string of the molecule is NS(=O)(=O)CF.[LiH]. The molecule has 0 aromatic heterocycles. The van der Waals surface area contributed by atoms with Crippen molar-refractivity contribution in [1.82, 2.24) is 0 Å². The third-order valence-corrected chi connectivity index (χ3v) is 0.456. The second-order valence-corrected chi connectivity index (χ2v) is 2.32. The Hall–Kier alpha value is 0.437. The van der Waals surface area contributed by atoms with Gasteiger partial charge in [0, 0.05) is 0 Å². The summed E-state index contributed by atoms with van der Waals surface area (Å²) in [6, 6.07) is -1.48. The van der Waals surface area contributed by atoms with E-state index < -0.39 is 16.0 Å². The van der Waals surface area contributed by atoms with E-state index in [2.05, 4.69) is 5.14 Å². The molecule has 0 aliphatic heterocycles.